The van der Waals surface area contributed by atoms with Crippen LogP contribution in [0.5, 0.6) is 0 Å². The number of aliphatic hydroxyl groups is 7. The van der Waals surface area contributed by atoms with E-state index in [1.54, 1.807) is 0 Å². The standard InChI is InChI=1S/C53H90O15/c1-3-5-7-9-11-13-15-17-19-20-22-24-26-28-30-32-34-36-45(56)66-41(38-63-44(55)35-33-31-29-27-25-23-21-18-16-14-12-10-8-6-4-2)39-64-52-51(62)49(60)47(58)43(68-52)40-65-53-50(61)48(59)46(57)42(37-54)67-53/h4,11,13,17,19,22,24,28,30,41-43,46-54,57-62H,2-3,5-10,12,14-16,18,20-21,23,25-27,29,31-40H2,1H3/b13-11+,19-17+,24-22+,30-28+/t41-,42+,43+,46-,47-,48?,49?,50?,51?,52+,53+/m1/s1. The van der Waals surface area contributed by atoms with Gasteiger partial charge in [0.25, 0.3) is 0 Å². The summed E-state index contributed by atoms with van der Waals surface area (Å²) < 4.78 is 33.5. The molecule has 0 bridgehead atoms. The first kappa shape index (κ1) is 61.3. The highest BCUT2D eigenvalue weighted by atomic mass is 16.7. The SMILES string of the molecule is C=CCCCCCCCCCCCCCCCC(=O)OC[C@H](CO[C@H]1O[C@@H](CO[C@H]2O[C@@H](CO)[C@@H](O)C(O)C2O)[C@@H](O)C(O)C1O)OC(=O)CCC/C=C/C/C=C/C/C=C/C/C=C/CCCCC. The van der Waals surface area contributed by atoms with Gasteiger partial charge in [-0.3, -0.25) is 9.59 Å². The van der Waals surface area contributed by atoms with Crippen molar-refractivity contribution in [3.8, 4) is 0 Å². The first-order valence-corrected chi connectivity index (χ1v) is 25.8. The van der Waals surface area contributed by atoms with Crippen molar-refractivity contribution in [2.45, 2.75) is 235 Å². The van der Waals surface area contributed by atoms with E-state index in [0.29, 0.717) is 19.3 Å². The Hall–Kier alpha value is -2.80. The zero-order valence-corrected chi connectivity index (χ0v) is 41.2. The van der Waals surface area contributed by atoms with Gasteiger partial charge in [0.1, 0.15) is 55.4 Å². The fourth-order valence-corrected chi connectivity index (χ4v) is 7.84. The normalized spacial score (nSPS) is 26.1. The van der Waals surface area contributed by atoms with Crippen LogP contribution in [0.3, 0.4) is 0 Å². The van der Waals surface area contributed by atoms with E-state index in [-0.39, 0.29) is 19.4 Å². The van der Waals surface area contributed by atoms with Crippen LogP contribution in [0.15, 0.2) is 61.3 Å². The Morgan fingerprint density at radius 3 is 1.51 bits per heavy atom. The Labute approximate surface area is 407 Å². The van der Waals surface area contributed by atoms with Crippen LogP contribution in [-0.4, -0.2) is 142 Å². The average molecular weight is 967 g/mol. The maximum absolute atomic E-state index is 13.0. The molecule has 15 nitrogen and oxygen atoms in total. The van der Waals surface area contributed by atoms with Crippen molar-refractivity contribution in [2.75, 3.05) is 26.4 Å². The number of carbonyl (C=O) groups excluding carboxylic acids is 2. The minimum Gasteiger partial charge on any atom is -0.462 e. The molecule has 4 unspecified atom stereocenters. The summed E-state index contributed by atoms with van der Waals surface area (Å²) in [6.07, 6.45) is 27.2. The number of allylic oxidation sites excluding steroid dienone is 9. The minimum atomic E-state index is -1.78. The van der Waals surface area contributed by atoms with Crippen molar-refractivity contribution in [2.24, 2.45) is 0 Å². The number of aliphatic hydroxyl groups excluding tert-OH is 7. The third-order valence-electron chi connectivity index (χ3n) is 12.1. The lowest BCUT2D eigenvalue weighted by Crippen LogP contribution is -2.61. The van der Waals surface area contributed by atoms with Crippen LogP contribution < -0.4 is 0 Å². The molecular weight excluding hydrogens is 877 g/mol. The molecule has 0 aromatic rings. The van der Waals surface area contributed by atoms with E-state index in [1.165, 1.54) is 77.0 Å². The van der Waals surface area contributed by atoms with Gasteiger partial charge >= 0.3 is 11.9 Å². The summed E-state index contributed by atoms with van der Waals surface area (Å²) in [4.78, 5) is 25.7. The summed E-state index contributed by atoms with van der Waals surface area (Å²) in [5.41, 5.74) is 0. The summed E-state index contributed by atoms with van der Waals surface area (Å²) in [5.74, 6) is -0.995. The number of carbonyl (C=O) groups is 2. The molecule has 2 rings (SSSR count). The van der Waals surface area contributed by atoms with Gasteiger partial charge in [0, 0.05) is 12.8 Å². The van der Waals surface area contributed by atoms with Crippen LogP contribution in [0.1, 0.15) is 167 Å². The first-order valence-electron chi connectivity index (χ1n) is 25.8. The van der Waals surface area contributed by atoms with Gasteiger partial charge in [-0.15, -0.1) is 6.58 Å². The molecule has 0 radical (unpaired) electrons. The fraction of sp³-hybridized carbons (Fsp3) is 0.774. The molecule has 392 valence electrons. The smallest absolute Gasteiger partial charge is 0.306 e. The molecule has 15 heteroatoms. The van der Waals surface area contributed by atoms with E-state index in [1.807, 2.05) is 18.2 Å². The molecule has 2 fully saturated rings. The van der Waals surface area contributed by atoms with Gasteiger partial charge in [-0.25, -0.2) is 0 Å². The van der Waals surface area contributed by atoms with Crippen LogP contribution in [0.25, 0.3) is 0 Å². The predicted molar refractivity (Wildman–Crippen MR) is 261 cm³/mol. The van der Waals surface area contributed by atoms with E-state index in [0.717, 1.165) is 51.4 Å². The molecule has 2 heterocycles. The molecule has 68 heavy (non-hydrogen) atoms. The molecule has 0 spiro atoms. The highest BCUT2D eigenvalue weighted by molar-refractivity contribution is 5.70. The highest BCUT2D eigenvalue weighted by Crippen LogP contribution is 2.26. The quantitative estimate of drug-likeness (QED) is 0.0182. The Morgan fingerprint density at radius 2 is 0.971 bits per heavy atom. The Balaban J connectivity index is 1.83. The molecule has 0 amide bonds. The number of rotatable bonds is 40. The lowest BCUT2D eigenvalue weighted by atomic mass is 9.98. The summed E-state index contributed by atoms with van der Waals surface area (Å²) in [6.45, 7) is 4.03. The van der Waals surface area contributed by atoms with Crippen LogP contribution in [0.2, 0.25) is 0 Å². The van der Waals surface area contributed by atoms with Gasteiger partial charge in [0.15, 0.2) is 18.7 Å². The third-order valence-corrected chi connectivity index (χ3v) is 12.1. The number of ether oxygens (including phenoxy) is 6. The van der Waals surface area contributed by atoms with Crippen molar-refractivity contribution in [3.05, 3.63) is 61.3 Å². The maximum atomic E-state index is 13.0. The molecule has 0 saturated carbocycles. The summed E-state index contributed by atoms with van der Waals surface area (Å²) in [6, 6.07) is 0. The Kier molecular flexibility index (Phi) is 36.0. The Morgan fingerprint density at radius 1 is 0.515 bits per heavy atom. The van der Waals surface area contributed by atoms with E-state index in [9.17, 15) is 45.3 Å². The maximum Gasteiger partial charge on any atom is 0.306 e. The second-order valence-corrected chi connectivity index (χ2v) is 18.1. The second kappa shape index (κ2) is 39.9. The molecule has 0 aliphatic carbocycles. The third kappa shape index (κ3) is 27.6. The van der Waals surface area contributed by atoms with Gasteiger partial charge in [-0.1, -0.05) is 145 Å². The molecule has 2 aliphatic rings. The van der Waals surface area contributed by atoms with Gasteiger partial charge in [0.05, 0.1) is 19.8 Å². The highest BCUT2D eigenvalue weighted by Gasteiger charge is 2.47. The first-order chi connectivity index (χ1) is 33.0. The zero-order valence-electron chi connectivity index (χ0n) is 41.2. The van der Waals surface area contributed by atoms with Crippen molar-refractivity contribution in [3.63, 3.8) is 0 Å². The minimum absolute atomic E-state index is 0.0870. The molecule has 0 aromatic heterocycles. The van der Waals surface area contributed by atoms with Crippen molar-refractivity contribution in [1.82, 2.24) is 0 Å². The lowest BCUT2D eigenvalue weighted by molar-refractivity contribution is -0.332. The monoisotopic (exact) mass is 967 g/mol. The van der Waals surface area contributed by atoms with Crippen LogP contribution in [0.4, 0.5) is 0 Å². The molecule has 0 aromatic carbocycles. The lowest BCUT2D eigenvalue weighted by Gasteiger charge is -2.42. The molecule has 11 atom stereocenters. The Bertz CT molecular complexity index is 1400. The number of hydrogen-bond donors (Lipinski definition) is 7. The average Bonchev–Trinajstić information content (AvgIpc) is 3.33. The topological polar surface area (TPSA) is 231 Å². The van der Waals surface area contributed by atoms with Crippen molar-refractivity contribution in [1.29, 1.82) is 0 Å². The molecule has 2 saturated heterocycles. The zero-order chi connectivity index (χ0) is 49.6. The van der Waals surface area contributed by atoms with Crippen LogP contribution in [-0.2, 0) is 38.0 Å². The molecular formula is C53H90O15. The van der Waals surface area contributed by atoms with Gasteiger partial charge < -0.3 is 64.2 Å². The number of hydrogen-bond acceptors (Lipinski definition) is 15. The number of esters is 2. The summed E-state index contributed by atoms with van der Waals surface area (Å²) >= 11 is 0. The largest absolute Gasteiger partial charge is 0.462 e. The fourth-order valence-electron chi connectivity index (χ4n) is 7.84. The van der Waals surface area contributed by atoms with Crippen LogP contribution >= 0.6 is 0 Å². The predicted octanol–water partition coefficient (Wildman–Crippen LogP) is 7.27. The van der Waals surface area contributed by atoms with E-state index in [2.05, 4.69) is 50.0 Å². The van der Waals surface area contributed by atoms with E-state index in [4.69, 9.17) is 28.4 Å². The summed E-state index contributed by atoms with van der Waals surface area (Å²) in [5, 5.41) is 72.1. The number of unbranched alkanes of at least 4 members (excludes halogenated alkanes) is 17. The van der Waals surface area contributed by atoms with Gasteiger partial charge in [-0.05, 0) is 64.2 Å². The summed E-state index contributed by atoms with van der Waals surface area (Å²) in [7, 11) is 0. The van der Waals surface area contributed by atoms with Gasteiger partial charge in [-0.2, -0.15) is 0 Å². The van der Waals surface area contributed by atoms with Gasteiger partial charge in [0.2, 0.25) is 0 Å². The second-order valence-electron chi connectivity index (χ2n) is 18.1. The van der Waals surface area contributed by atoms with E-state index >= 15 is 0 Å². The van der Waals surface area contributed by atoms with E-state index < -0.39 is 99.3 Å². The van der Waals surface area contributed by atoms with Crippen LogP contribution in [0, 0.1) is 0 Å². The van der Waals surface area contributed by atoms with Crippen molar-refractivity contribution < 1.29 is 73.8 Å². The molecule has 7 N–H and O–H groups in total. The molecule has 2 aliphatic heterocycles. The van der Waals surface area contributed by atoms with Crippen molar-refractivity contribution >= 4 is 11.9 Å².